The molecule has 0 aromatic carbocycles. The van der Waals surface area contributed by atoms with Gasteiger partial charge >= 0.3 is 0 Å². The van der Waals surface area contributed by atoms with Crippen LogP contribution in [-0.4, -0.2) is 12.6 Å². The van der Waals surface area contributed by atoms with Crippen LogP contribution in [0.4, 0.5) is 0 Å². The molecule has 0 bridgehead atoms. The highest BCUT2D eigenvalue weighted by Gasteiger charge is 2.26. The normalized spacial score (nSPS) is 30.5. The fourth-order valence-electron chi connectivity index (χ4n) is 3.26. The molecule has 2 aliphatic carbocycles. The van der Waals surface area contributed by atoms with Crippen LogP contribution in [0.15, 0.2) is 0 Å². The first-order valence-electron chi connectivity index (χ1n) is 7.99. The molecule has 2 unspecified atom stereocenters. The van der Waals surface area contributed by atoms with E-state index in [9.17, 15) is 0 Å². The highest BCUT2D eigenvalue weighted by Crippen LogP contribution is 2.33. The molecule has 2 rings (SSSR count). The summed E-state index contributed by atoms with van der Waals surface area (Å²) in [5.74, 6) is 2.89. The fourth-order valence-corrected chi connectivity index (χ4v) is 3.26. The average Bonchev–Trinajstić information content (AvgIpc) is 3.11. The van der Waals surface area contributed by atoms with E-state index in [2.05, 4.69) is 19.2 Å². The predicted molar refractivity (Wildman–Crippen MR) is 75.2 cm³/mol. The topological polar surface area (TPSA) is 12.0 Å². The van der Waals surface area contributed by atoms with Gasteiger partial charge in [-0.15, -0.1) is 0 Å². The lowest BCUT2D eigenvalue weighted by molar-refractivity contribution is 0.267. The van der Waals surface area contributed by atoms with Crippen molar-refractivity contribution in [1.29, 1.82) is 0 Å². The zero-order valence-corrected chi connectivity index (χ0v) is 11.9. The number of nitrogens with one attached hydrogen (secondary N) is 1. The molecular weight excluding hydrogens is 206 g/mol. The number of hydrogen-bond acceptors (Lipinski definition) is 1. The zero-order valence-electron chi connectivity index (χ0n) is 11.9. The summed E-state index contributed by atoms with van der Waals surface area (Å²) >= 11 is 0. The van der Waals surface area contributed by atoms with Gasteiger partial charge in [-0.2, -0.15) is 0 Å². The molecule has 17 heavy (non-hydrogen) atoms. The summed E-state index contributed by atoms with van der Waals surface area (Å²) in [5, 5.41) is 3.77. The Bertz CT molecular complexity index is 194. The zero-order chi connectivity index (χ0) is 12.1. The number of rotatable bonds is 6. The Kier molecular flexibility index (Phi) is 5.34. The molecule has 0 aliphatic heterocycles. The Hall–Kier alpha value is -0.0400. The van der Waals surface area contributed by atoms with Crippen molar-refractivity contribution in [3.63, 3.8) is 0 Å². The molecule has 2 atom stereocenters. The van der Waals surface area contributed by atoms with Crippen LogP contribution >= 0.6 is 0 Å². The summed E-state index contributed by atoms with van der Waals surface area (Å²) in [6, 6.07) is 0.893. The fraction of sp³-hybridized carbons (Fsp3) is 1.00. The molecule has 100 valence electrons. The van der Waals surface area contributed by atoms with Gasteiger partial charge in [0.1, 0.15) is 0 Å². The lowest BCUT2D eigenvalue weighted by Crippen LogP contribution is -2.29. The Morgan fingerprint density at radius 3 is 2.29 bits per heavy atom. The summed E-state index contributed by atoms with van der Waals surface area (Å²) in [4.78, 5) is 0. The van der Waals surface area contributed by atoms with Crippen molar-refractivity contribution in [2.24, 2.45) is 17.8 Å². The minimum absolute atomic E-state index is 0.885. The van der Waals surface area contributed by atoms with E-state index in [1.165, 1.54) is 64.3 Å². The van der Waals surface area contributed by atoms with Crippen LogP contribution in [0.3, 0.4) is 0 Å². The third-order valence-electron chi connectivity index (χ3n) is 4.68. The van der Waals surface area contributed by atoms with E-state index in [4.69, 9.17) is 0 Å². The molecule has 0 amide bonds. The maximum atomic E-state index is 3.77. The SMILES string of the molecule is CC(C)CCC1CCCCCC1CNC1CC1. The summed E-state index contributed by atoms with van der Waals surface area (Å²) in [7, 11) is 0. The van der Waals surface area contributed by atoms with Crippen molar-refractivity contribution in [3.8, 4) is 0 Å². The van der Waals surface area contributed by atoms with Gasteiger partial charge < -0.3 is 5.32 Å². The van der Waals surface area contributed by atoms with Crippen LogP contribution in [0.25, 0.3) is 0 Å². The van der Waals surface area contributed by atoms with Gasteiger partial charge in [0.25, 0.3) is 0 Å². The van der Waals surface area contributed by atoms with Gasteiger partial charge in [0.2, 0.25) is 0 Å². The minimum atomic E-state index is 0.885. The van der Waals surface area contributed by atoms with Crippen molar-refractivity contribution in [2.45, 2.75) is 77.7 Å². The molecular formula is C16H31N. The van der Waals surface area contributed by atoms with Crippen LogP contribution in [0, 0.1) is 17.8 Å². The smallest absolute Gasteiger partial charge is 0.00683 e. The molecule has 0 radical (unpaired) electrons. The molecule has 1 heteroatoms. The molecule has 2 aliphatic rings. The molecule has 1 nitrogen and oxygen atoms in total. The Balaban J connectivity index is 1.77. The van der Waals surface area contributed by atoms with Gasteiger partial charge in [0, 0.05) is 6.04 Å². The lowest BCUT2D eigenvalue weighted by atomic mass is 9.83. The molecule has 0 aromatic rings. The first-order chi connectivity index (χ1) is 8.25. The molecule has 0 heterocycles. The van der Waals surface area contributed by atoms with E-state index in [0.29, 0.717) is 0 Å². The lowest BCUT2D eigenvalue weighted by Gasteiger charge is -2.26. The van der Waals surface area contributed by atoms with Crippen molar-refractivity contribution in [2.75, 3.05) is 6.54 Å². The van der Waals surface area contributed by atoms with Gasteiger partial charge in [-0.25, -0.2) is 0 Å². The summed E-state index contributed by atoms with van der Waals surface area (Å²) < 4.78 is 0. The van der Waals surface area contributed by atoms with Crippen LogP contribution < -0.4 is 5.32 Å². The van der Waals surface area contributed by atoms with Crippen LogP contribution in [0.1, 0.15) is 71.6 Å². The summed E-state index contributed by atoms with van der Waals surface area (Å²) in [6.45, 7) is 6.05. The highest BCUT2D eigenvalue weighted by molar-refractivity contribution is 4.84. The van der Waals surface area contributed by atoms with Crippen molar-refractivity contribution in [1.82, 2.24) is 5.32 Å². The number of hydrogen-bond donors (Lipinski definition) is 1. The van der Waals surface area contributed by atoms with Crippen LogP contribution in [0.2, 0.25) is 0 Å². The molecule has 1 N–H and O–H groups in total. The third-order valence-corrected chi connectivity index (χ3v) is 4.68. The molecule has 0 aromatic heterocycles. The van der Waals surface area contributed by atoms with Crippen molar-refractivity contribution in [3.05, 3.63) is 0 Å². The van der Waals surface area contributed by atoms with Crippen LogP contribution in [0.5, 0.6) is 0 Å². The molecule has 0 saturated heterocycles. The van der Waals surface area contributed by atoms with Gasteiger partial charge in [-0.3, -0.25) is 0 Å². The van der Waals surface area contributed by atoms with E-state index >= 15 is 0 Å². The van der Waals surface area contributed by atoms with Gasteiger partial charge in [0.05, 0.1) is 0 Å². The first kappa shape index (κ1) is 13.4. The van der Waals surface area contributed by atoms with Crippen molar-refractivity contribution >= 4 is 0 Å². The van der Waals surface area contributed by atoms with Gasteiger partial charge in [0.15, 0.2) is 0 Å². The first-order valence-corrected chi connectivity index (χ1v) is 7.99. The Morgan fingerprint density at radius 2 is 1.65 bits per heavy atom. The Labute approximate surface area is 108 Å². The maximum absolute atomic E-state index is 3.77. The minimum Gasteiger partial charge on any atom is -0.314 e. The summed E-state index contributed by atoms with van der Waals surface area (Å²) in [5.41, 5.74) is 0. The van der Waals surface area contributed by atoms with E-state index in [1.807, 2.05) is 0 Å². The second-order valence-electron chi connectivity index (χ2n) is 6.81. The van der Waals surface area contributed by atoms with E-state index < -0.39 is 0 Å². The third kappa shape index (κ3) is 4.99. The highest BCUT2D eigenvalue weighted by atomic mass is 14.9. The van der Waals surface area contributed by atoms with Gasteiger partial charge in [-0.05, 0) is 50.0 Å². The average molecular weight is 237 g/mol. The monoisotopic (exact) mass is 237 g/mol. The predicted octanol–water partition coefficient (Wildman–Crippen LogP) is 4.37. The molecule has 2 fully saturated rings. The Morgan fingerprint density at radius 1 is 0.941 bits per heavy atom. The van der Waals surface area contributed by atoms with E-state index in [0.717, 1.165) is 23.8 Å². The second kappa shape index (κ2) is 6.78. The quantitative estimate of drug-likeness (QED) is 0.676. The molecule has 2 saturated carbocycles. The van der Waals surface area contributed by atoms with Crippen molar-refractivity contribution < 1.29 is 0 Å². The second-order valence-corrected chi connectivity index (χ2v) is 6.81. The molecule has 0 spiro atoms. The van der Waals surface area contributed by atoms with Gasteiger partial charge in [-0.1, -0.05) is 46.0 Å². The maximum Gasteiger partial charge on any atom is 0.00683 e. The van der Waals surface area contributed by atoms with E-state index in [1.54, 1.807) is 0 Å². The summed E-state index contributed by atoms with van der Waals surface area (Å²) in [6.07, 6.45) is 13.2. The standard InChI is InChI=1S/C16H31N/c1-13(2)8-9-14-6-4-3-5-7-15(14)12-17-16-10-11-16/h13-17H,3-12H2,1-2H3. The largest absolute Gasteiger partial charge is 0.314 e. The van der Waals surface area contributed by atoms with E-state index in [-0.39, 0.29) is 0 Å². The van der Waals surface area contributed by atoms with Crippen LogP contribution in [-0.2, 0) is 0 Å².